The quantitative estimate of drug-likeness (QED) is 0.267. The third-order valence-electron chi connectivity index (χ3n) is 6.51. The molecule has 0 aliphatic carbocycles. The highest BCUT2D eigenvalue weighted by atomic mass is 16.6. The number of benzene rings is 3. The maximum atomic E-state index is 13.4. The van der Waals surface area contributed by atoms with Crippen molar-refractivity contribution in [3.8, 4) is 23.0 Å². The van der Waals surface area contributed by atoms with E-state index in [1.807, 2.05) is 67.5 Å². The summed E-state index contributed by atoms with van der Waals surface area (Å²) in [6.45, 7) is 1.93. The smallest absolute Gasteiger partial charge is 0.295 e. The Labute approximate surface area is 221 Å². The molecule has 38 heavy (non-hydrogen) atoms. The summed E-state index contributed by atoms with van der Waals surface area (Å²) in [5, 5.41) is 11.4. The van der Waals surface area contributed by atoms with Crippen LogP contribution in [0.5, 0.6) is 23.0 Å². The van der Waals surface area contributed by atoms with Crippen LogP contribution in [0.25, 0.3) is 5.76 Å². The zero-order valence-electron chi connectivity index (χ0n) is 21.4. The number of carbonyl (C=O) groups is 2. The first-order valence-corrected chi connectivity index (χ1v) is 12.6. The van der Waals surface area contributed by atoms with Crippen molar-refractivity contribution in [2.45, 2.75) is 12.5 Å². The lowest BCUT2D eigenvalue weighted by atomic mass is 9.95. The molecule has 5 rings (SSSR count). The third kappa shape index (κ3) is 5.21. The number of rotatable bonds is 8. The van der Waals surface area contributed by atoms with Crippen molar-refractivity contribution in [3.05, 3.63) is 89.5 Å². The predicted molar refractivity (Wildman–Crippen MR) is 143 cm³/mol. The lowest BCUT2D eigenvalue weighted by molar-refractivity contribution is -0.139. The van der Waals surface area contributed by atoms with Gasteiger partial charge in [0, 0.05) is 12.1 Å². The summed E-state index contributed by atoms with van der Waals surface area (Å²) in [6.07, 6.45) is 0.667. The van der Waals surface area contributed by atoms with Crippen molar-refractivity contribution in [3.63, 3.8) is 0 Å². The second-order valence-electron chi connectivity index (χ2n) is 9.50. The van der Waals surface area contributed by atoms with Gasteiger partial charge >= 0.3 is 0 Å². The van der Waals surface area contributed by atoms with Crippen LogP contribution in [0.15, 0.2) is 78.4 Å². The number of aliphatic hydroxyl groups excluding tert-OH is 1. The van der Waals surface area contributed by atoms with Gasteiger partial charge in [-0.3, -0.25) is 9.59 Å². The summed E-state index contributed by atoms with van der Waals surface area (Å²) in [6, 6.07) is 20.9. The number of nitrogens with zero attached hydrogens (tertiary/aromatic N) is 2. The number of ketones is 1. The van der Waals surface area contributed by atoms with Gasteiger partial charge in [0.15, 0.2) is 11.5 Å². The van der Waals surface area contributed by atoms with Gasteiger partial charge in [0.05, 0.1) is 11.6 Å². The summed E-state index contributed by atoms with van der Waals surface area (Å²) in [5.41, 5.74) is 1.08. The molecular formula is C30H30N2O6. The minimum absolute atomic E-state index is 0.0355. The lowest BCUT2D eigenvalue weighted by Crippen LogP contribution is -2.32. The topological polar surface area (TPSA) is 88.5 Å². The van der Waals surface area contributed by atoms with E-state index in [-0.39, 0.29) is 11.3 Å². The van der Waals surface area contributed by atoms with Crippen LogP contribution in [0.1, 0.15) is 23.6 Å². The highest BCUT2D eigenvalue weighted by Crippen LogP contribution is 2.42. The number of aliphatic hydroxyl groups is 1. The number of para-hydroxylation sites is 1. The van der Waals surface area contributed by atoms with Crippen molar-refractivity contribution >= 4 is 17.4 Å². The zero-order valence-corrected chi connectivity index (χ0v) is 21.4. The van der Waals surface area contributed by atoms with Gasteiger partial charge in [0.2, 0.25) is 0 Å². The van der Waals surface area contributed by atoms with Gasteiger partial charge in [0.1, 0.15) is 30.5 Å². The number of Topliss-reactive ketones (excluding diaryl/α,β-unsaturated/α-hetero) is 1. The molecule has 1 unspecified atom stereocenters. The normalized spacial score (nSPS) is 18.2. The van der Waals surface area contributed by atoms with E-state index in [0.717, 1.165) is 6.54 Å². The molecule has 0 aromatic heterocycles. The molecule has 1 fully saturated rings. The van der Waals surface area contributed by atoms with Gasteiger partial charge in [-0.1, -0.05) is 30.3 Å². The van der Waals surface area contributed by atoms with Gasteiger partial charge in [-0.05, 0) is 75.1 Å². The van der Waals surface area contributed by atoms with Gasteiger partial charge in [-0.15, -0.1) is 0 Å². The molecule has 2 heterocycles. The first-order valence-electron chi connectivity index (χ1n) is 12.6. The van der Waals surface area contributed by atoms with Gasteiger partial charge < -0.3 is 29.1 Å². The Morgan fingerprint density at radius 2 is 1.68 bits per heavy atom. The Hall–Kier alpha value is -4.30. The van der Waals surface area contributed by atoms with Crippen LogP contribution in [-0.2, 0) is 9.59 Å². The van der Waals surface area contributed by atoms with Crippen LogP contribution in [0.2, 0.25) is 0 Å². The molecule has 2 aliphatic rings. The molecule has 2 aliphatic heterocycles. The van der Waals surface area contributed by atoms with Crippen molar-refractivity contribution in [1.82, 2.24) is 9.80 Å². The number of likely N-dealkylation sites (tertiary alicyclic amines) is 1. The van der Waals surface area contributed by atoms with E-state index in [0.29, 0.717) is 60.3 Å². The standard InChI is InChI=1S/C30H30N2O6/c1-31(2)14-7-15-32-27(20-8-6-11-23(18-20)38-22-9-4-3-5-10-22)26(29(34)30(32)35)28(33)21-12-13-24-25(19-21)37-17-16-36-24/h3-6,8-13,18-19,27,33H,7,14-17H2,1-2H3/b28-26+. The SMILES string of the molecule is CN(C)CCCN1C(=O)C(=O)/C(=C(/O)c2ccc3c(c2)OCCO3)C1c1cccc(Oc2ccccc2)c1. The predicted octanol–water partition coefficient (Wildman–Crippen LogP) is 4.62. The number of carbonyl (C=O) groups excluding carboxylic acids is 2. The number of amides is 1. The van der Waals surface area contributed by atoms with Gasteiger partial charge in [0.25, 0.3) is 11.7 Å². The Balaban J connectivity index is 1.56. The summed E-state index contributed by atoms with van der Waals surface area (Å²) in [7, 11) is 3.91. The molecule has 8 heteroatoms. The lowest BCUT2D eigenvalue weighted by Gasteiger charge is -2.26. The molecule has 0 spiro atoms. The highest BCUT2D eigenvalue weighted by molar-refractivity contribution is 6.46. The Morgan fingerprint density at radius 3 is 2.45 bits per heavy atom. The van der Waals surface area contributed by atoms with E-state index in [4.69, 9.17) is 14.2 Å². The van der Waals surface area contributed by atoms with Crippen LogP contribution in [0, 0.1) is 0 Å². The molecule has 1 saturated heterocycles. The highest BCUT2D eigenvalue weighted by Gasteiger charge is 2.46. The summed E-state index contributed by atoms with van der Waals surface area (Å²) >= 11 is 0. The minimum Gasteiger partial charge on any atom is -0.507 e. The molecule has 0 radical (unpaired) electrons. The number of hydrogen-bond acceptors (Lipinski definition) is 7. The van der Waals surface area contributed by atoms with Gasteiger partial charge in [-0.25, -0.2) is 0 Å². The molecule has 1 atom stereocenters. The van der Waals surface area contributed by atoms with Crippen molar-refractivity contribution in [2.24, 2.45) is 0 Å². The van der Waals surface area contributed by atoms with Crippen LogP contribution < -0.4 is 14.2 Å². The Kier molecular flexibility index (Phi) is 7.33. The van der Waals surface area contributed by atoms with Crippen LogP contribution in [0.3, 0.4) is 0 Å². The van der Waals surface area contributed by atoms with Crippen LogP contribution in [0.4, 0.5) is 0 Å². The van der Waals surface area contributed by atoms with Crippen LogP contribution >= 0.6 is 0 Å². The average molecular weight is 515 g/mol. The van der Waals surface area contributed by atoms with E-state index in [1.54, 1.807) is 24.3 Å². The van der Waals surface area contributed by atoms with Crippen molar-refractivity contribution in [1.29, 1.82) is 0 Å². The largest absolute Gasteiger partial charge is 0.507 e. The fourth-order valence-corrected chi connectivity index (χ4v) is 4.73. The molecule has 3 aromatic carbocycles. The Bertz CT molecular complexity index is 1370. The Morgan fingerprint density at radius 1 is 0.947 bits per heavy atom. The molecule has 1 amide bonds. The van der Waals surface area contributed by atoms with E-state index >= 15 is 0 Å². The van der Waals surface area contributed by atoms with E-state index in [2.05, 4.69) is 0 Å². The first-order chi connectivity index (χ1) is 18.4. The van der Waals surface area contributed by atoms with E-state index in [1.165, 1.54) is 4.90 Å². The van der Waals surface area contributed by atoms with Gasteiger partial charge in [-0.2, -0.15) is 0 Å². The molecular weight excluding hydrogens is 484 g/mol. The van der Waals surface area contributed by atoms with Crippen LogP contribution in [-0.4, -0.2) is 67.0 Å². The molecule has 196 valence electrons. The summed E-state index contributed by atoms with van der Waals surface area (Å²) in [4.78, 5) is 30.2. The maximum absolute atomic E-state index is 13.4. The monoisotopic (exact) mass is 514 g/mol. The molecule has 0 bridgehead atoms. The second kappa shape index (κ2) is 11.0. The van der Waals surface area contributed by atoms with E-state index < -0.39 is 17.7 Å². The molecule has 3 aromatic rings. The minimum atomic E-state index is -0.773. The third-order valence-corrected chi connectivity index (χ3v) is 6.51. The van der Waals surface area contributed by atoms with Crippen molar-refractivity contribution < 1.29 is 28.9 Å². The average Bonchev–Trinajstić information content (AvgIpc) is 3.18. The number of ether oxygens (including phenoxy) is 3. The summed E-state index contributed by atoms with van der Waals surface area (Å²) in [5.74, 6) is 0.668. The zero-order chi connectivity index (χ0) is 26.6. The maximum Gasteiger partial charge on any atom is 0.295 e. The number of fused-ring (bicyclic) bond motifs is 1. The first kappa shape index (κ1) is 25.4. The molecule has 0 saturated carbocycles. The van der Waals surface area contributed by atoms with Crippen molar-refractivity contribution in [2.75, 3.05) is 40.4 Å². The summed E-state index contributed by atoms with van der Waals surface area (Å²) < 4.78 is 17.3. The fraction of sp³-hybridized carbons (Fsp3) is 0.267. The second-order valence-corrected chi connectivity index (χ2v) is 9.50. The fourth-order valence-electron chi connectivity index (χ4n) is 4.73. The number of hydrogen-bond donors (Lipinski definition) is 1. The molecule has 8 nitrogen and oxygen atoms in total. The molecule has 1 N–H and O–H groups in total. The van der Waals surface area contributed by atoms with E-state index in [9.17, 15) is 14.7 Å².